The first kappa shape index (κ1) is 17.3. The van der Waals surface area contributed by atoms with E-state index in [0.29, 0.717) is 0 Å². The first-order chi connectivity index (χ1) is 12.8. The molecule has 1 aromatic heterocycles. The van der Waals surface area contributed by atoms with Crippen molar-refractivity contribution in [1.82, 2.24) is 0 Å². The Bertz CT molecular complexity index is 1130. The lowest BCUT2D eigenvalue weighted by Gasteiger charge is -2.03. The van der Waals surface area contributed by atoms with E-state index in [4.69, 9.17) is 0 Å². The number of hydrogen-bond acceptors (Lipinski definition) is 1. The molecule has 0 atom stereocenters. The van der Waals surface area contributed by atoms with E-state index in [-0.39, 0.29) is 0 Å². The van der Waals surface area contributed by atoms with E-state index in [2.05, 4.69) is 126 Å². The van der Waals surface area contributed by atoms with Gasteiger partial charge in [-0.05, 0) is 58.0 Å². The number of fused-ring (bicyclic) bond motifs is 3. The maximum absolute atomic E-state index is 2.34. The predicted molar refractivity (Wildman–Crippen MR) is 126 cm³/mol. The maximum atomic E-state index is 2.34. The Balaban J connectivity index is 1.78. The summed E-state index contributed by atoms with van der Waals surface area (Å²) in [7, 11) is 0. The van der Waals surface area contributed by atoms with Gasteiger partial charge in [-0.2, -0.15) is 0 Å². The van der Waals surface area contributed by atoms with Crippen LogP contribution in [0.15, 0.2) is 107 Å². The molecule has 0 aliphatic heterocycles. The average molecular weight is 464 g/mol. The second-order valence-electron chi connectivity index (χ2n) is 5.97. The van der Waals surface area contributed by atoms with Gasteiger partial charge in [0, 0.05) is 23.8 Å². The van der Waals surface area contributed by atoms with Crippen LogP contribution in [0.5, 0.6) is 0 Å². The third-order valence-corrected chi connectivity index (χ3v) is 6.07. The zero-order valence-corrected chi connectivity index (χ0v) is 17.1. The molecule has 26 heavy (non-hydrogen) atoms. The highest BCUT2D eigenvalue weighted by atomic mass is 127. The summed E-state index contributed by atoms with van der Waals surface area (Å²) in [5, 5.41) is 2.68. The Kier molecular flexibility index (Phi) is 5.32. The first-order valence-corrected chi connectivity index (χ1v) is 10.4. The van der Waals surface area contributed by atoms with Crippen LogP contribution < -0.4 is 0 Å². The van der Waals surface area contributed by atoms with Gasteiger partial charge in [-0.3, -0.25) is 0 Å². The van der Waals surface area contributed by atoms with Gasteiger partial charge in [0.25, 0.3) is 0 Å². The lowest BCUT2D eigenvalue weighted by Crippen LogP contribution is -1.80. The molecule has 126 valence electrons. The molecular formula is C24H17IS. The zero-order valence-electron chi connectivity index (χ0n) is 14.1. The van der Waals surface area contributed by atoms with Crippen LogP contribution in [0.2, 0.25) is 0 Å². The van der Waals surface area contributed by atoms with Crippen LogP contribution in [0, 0.1) is 0 Å². The molecule has 1 aliphatic rings. The van der Waals surface area contributed by atoms with Crippen LogP contribution in [-0.4, -0.2) is 0 Å². The van der Waals surface area contributed by atoms with Crippen LogP contribution in [0.1, 0.15) is 5.56 Å². The lowest BCUT2D eigenvalue weighted by atomic mass is 10.0. The van der Waals surface area contributed by atoms with Crippen LogP contribution in [0.3, 0.4) is 0 Å². The molecule has 3 aromatic rings. The van der Waals surface area contributed by atoms with Crippen molar-refractivity contribution in [2.75, 3.05) is 0 Å². The summed E-state index contributed by atoms with van der Waals surface area (Å²) in [6.45, 7) is 0. The third-order valence-electron chi connectivity index (χ3n) is 4.22. The molecule has 0 unspecified atom stereocenters. The molecule has 0 saturated carbocycles. The molecule has 1 heterocycles. The highest BCUT2D eigenvalue weighted by Gasteiger charge is 2.06. The fraction of sp³-hybridized carbons (Fsp3) is 0. The van der Waals surface area contributed by atoms with Crippen molar-refractivity contribution in [1.29, 1.82) is 0 Å². The van der Waals surface area contributed by atoms with Crippen molar-refractivity contribution in [3.05, 3.63) is 112 Å². The molecule has 2 heteroatoms. The number of thiophene rings is 1. The van der Waals surface area contributed by atoms with Crippen molar-refractivity contribution in [2.45, 2.75) is 0 Å². The molecule has 0 fully saturated rings. The topological polar surface area (TPSA) is 0 Å². The summed E-state index contributed by atoms with van der Waals surface area (Å²) in [5.41, 5.74) is 2.45. The molecule has 0 N–H and O–H groups in total. The lowest BCUT2D eigenvalue weighted by molar-refractivity contribution is 1.69. The molecule has 0 amide bonds. The van der Waals surface area contributed by atoms with E-state index in [1.807, 2.05) is 11.3 Å². The van der Waals surface area contributed by atoms with E-state index in [1.54, 1.807) is 0 Å². The molecule has 4 rings (SSSR count). The number of benzene rings is 2. The first-order valence-electron chi connectivity index (χ1n) is 8.48. The van der Waals surface area contributed by atoms with Gasteiger partial charge in [0.05, 0.1) is 0 Å². The Morgan fingerprint density at radius 2 is 1.42 bits per heavy atom. The minimum atomic E-state index is 1.20. The molecular weight excluding hydrogens is 447 g/mol. The summed E-state index contributed by atoms with van der Waals surface area (Å²) in [6.07, 6.45) is 21.0. The van der Waals surface area contributed by atoms with Crippen molar-refractivity contribution < 1.29 is 0 Å². The largest absolute Gasteiger partial charge is 0.135 e. The normalized spacial score (nSPS) is 23.9. The number of halogens is 1. The van der Waals surface area contributed by atoms with Crippen molar-refractivity contribution in [3.63, 3.8) is 0 Å². The van der Waals surface area contributed by atoms with E-state index in [0.717, 1.165) is 0 Å². The van der Waals surface area contributed by atoms with Crippen LogP contribution in [0.4, 0.5) is 0 Å². The van der Waals surface area contributed by atoms with Gasteiger partial charge in [-0.15, -0.1) is 11.3 Å². The number of rotatable bonds is 1. The average Bonchev–Trinajstić information content (AvgIpc) is 3.02. The number of hydrogen-bond donors (Lipinski definition) is 0. The molecule has 0 radical (unpaired) electrons. The van der Waals surface area contributed by atoms with Crippen LogP contribution >= 0.6 is 33.9 Å². The van der Waals surface area contributed by atoms with Gasteiger partial charge in [0.1, 0.15) is 0 Å². The van der Waals surface area contributed by atoms with Gasteiger partial charge in [-0.25, -0.2) is 0 Å². The van der Waals surface area contributed by atoms with Crippen LogP contribution in [-0.2, 0) is 0 Å². The van der Waals surface area contributed by atoms with E-state index < -0.39 is 0 Å². The molecule has 0 nitrogen and oxygen atoms in total. The van der Waals surface area contributed by atoms with E-state index >= 15 is 0 Å². The summed E-state index contributed by atoms with van der Waals surface area (Å²) in [5.74, 6) is 0. The maximum Gasteiger partial charge on any atom is 0.0361 e. The monoisotopic (exact) mass is 464 g/mol. The number of allylic oxidation sites excluding steroid dienone is 12. The molecule has 0 spiro atoms. The second-order valence-corrected chi connectivity index (χ2v) is 8.30. The fourth-order valence-corrected chi connectivity index (χ4v) is 4.51. The SMILES string of the molecule is IC1=C/C=C\C=C(c2ccc3c(c2)sc2ccccc23)/C=C\C=C/C=C\1. The third kappa shape index (κ3) is 3.81. The van der Waals surface area contributed by atoms with Gasteiger partial charge >= 0.3 is 0 Å². The Morgan fingerprint density at radius 3 is 2.35 bits per heavy atom. The molecule has 1 aliphatic carbocycles. The van der Waals surface area contributed by atoms with Gasteiger partial charge in [-0.1, -0.05) is 78.9 Å². The standard InChI is InChI=1S/C24H17IS/c25-20-11-4-2-1-3-9-18(10-5-6-12-20)19-15-16-22-21-13-7-8-14-23(21)26-24(22)17-19/h1-17H/b2-1-,3-1?,4-2?,6-5-,9-3-,10-5?,11-4-,12-6?,18-9?,18-10+,20-11?,20-12+. The highest BCUT2D eigenvalue weighted by Crippen LogP contribution is 2.35. The van der Waals surface area contributed by atoms with Crippen LogP contribution in [0.25, 0.3) is 25.7 Å². The van der Waals surface area contributed by atoms with Crippen molar-refractivity contribution >= 4 is 59.7 Å². The summed E-state index contributed by atoms with van der Waals surface area (Å²) in [6, 6.07) is 15.4. The van der Waals surface area contributed by atoms with Gasteiger partial charge in [0.15, 0.2) is 0 Å². The summed E-state index contributed by atoms with van der Waals surface area (Å²) < 4.78 is 3.88. The predicted octanol–water partition coefficient (Wildman–Crippen LogP) is 8.00. The molecule has 0 bridgehead atoms. The zero-order chi connectivity index (χ0) is 17.8. The minimum Gasteiger partial charge on any atom is -0.135 e. The minimum absolute atomic E-state index is 1.20. The van der Waals surface area contributed by atoms with Crippen molar-refractivity contribution in [3.8, 4) is 0 Å². The smallest absolute Gasteiger partial charge is 0.0361 e. The molecule has 2 aromatic carbocycles. The Morgan fingerprint density at radius 1 is 0.654 bits per heavy atom. The summed E-state index contributed by atoms with van der Waals surface area (Å²) in [4.78, 5) is 0. The Hall–Kier alpha value is -2.17. The molecule has 0 saturated heterocycles. The Labute approximate surface area is 171 Å². The van der Waals surface area contributed by atoms with E-state index in [1.165, 1.54) is 34.9 Å². The van der Waals surface area contributed by atoms with E-state index in [9.17, 15) is 0 Å². The van der Waals surface area contributed by atoms with Gasteiger partial charge < -0.3 is 0 Å². The van der Waals surface area contributed by atoms with Gasteiger partial charge in [0.2, 0.25) is 0 Å². The highest BCUT2D eigenvalue weighted by molar-refractivity contribution is 14.1. The second kappa shape index (κ2) is 8.02. The van der Waals surface area contributed by atoms with Crippen molar-refractivity contribution in [2.24, 2.45) is 0 Å². The quantitative estimate of drug-likeness (QED) is 0.320. The fourth-order valence-electron chi connectivity index (χ4n) is 2.95. The summed E-state index contributed by atoms with van der Waals surface area (Å²) >= 11 is 4.20.